The van der Waals surface area contributed by atoms with E-state index in [1.54, 1.807) is 0 Å². The summed E-state index contributed by atoms with van der Waals surface area (Å²) in [6.45, 7) is 0. The average molecular weight is 791 g/mol. The largest absolute Gasteiger partial charge is 0.456 e. The van der Waals surface area contributed by atoms with Crippen LogP contribution in [-0.4, -0.2) is 19.5 Å². The lowest BCUT2D eigenvalue weighted by atomic mass is 10.00. The number of fused-ring (bicyclic) bond motifs is 10. The highest BCUT2D eigenvalue weighted by Crippen LogP contribution is 2.44. The van der Waals surface area contributed by atoms with Gasteiger partial charge in [-0.1, -0.05) is 164 Å². The second kappa shape index (κ2) is 13.6. The smallest absolute Gasteiger partial charge is 0.166 e. The zero-order chi connectivity index (χ0) is 40.7. The number of para-hydroxylation sites is 2. The van der Waals surface area contributed by atoms with Crippen molar-refractivity contribution in [2.24, 2.45) is 0 Å². The number of aromatic nitrogens is 4. The van der Waals surface area contributed by atoms with E-state index >= 15 is 0 Å². The van der Waals surface area contributed by atoms with Crippen LogP contribution in [0.15, 0.2) is 211 Å². The minimum absolute atomic E-state index is 0.574. The quantitative estimate of drug-likeness (QED) is 0.163. The zero-order valence-electron chi connectivity index (χ0n) is 33.3. The van der Waals surface area contributed by atoms with Crippen LogP contribution in [0.1, 0.15) is 0 Å². The Hall–Kier alpha value is -8.41. The molecule has 0 bridgehead atoms. The highest BCUT2D eigenvalue weighted by Gasteiger charge is 2.24. The summed E-state index contributed by atoms with van der Waals surface area (Å²) < 4.78 is 9.01. The monoisotopic (exact) mass is 790 g/mol. The Bertz CT molecular complexity index is 3920. The predicted molar refractivity (Wildman–Crippen MR) is 256 cm³/mol. The maximum Gasteiger partial charge on any atom is 0.166 e. The van der Waals surface area contributed by atoms with Crippen LogP contribution >= 0.6 is 0 Å². The Balaban J connectivity index is 1.11. The van der Waals surface area contributed by atoms with Gasteiger partial charge in [0.05, 0.1) is 22.1 Å². The highest BCUT2D eigenvalue weighted by molar-refractivity contribution is 6.18. The molecule has 3 heterocycles. The number of benzene rings is 10. The molecule has 0 N–H and O–H groups in total. The van der Waals surface area contributed by atoms with E-state index in [2.05, 4.69) is 193 Å². The summed E-state index contributed by atoms with van der Waals surface area (Å²) in [5.41, 5.74) is 9.74. The molecule has 13 rings (SSSR count). The van der Waals surface area contributed by atoms with E-state index < -0.39 is 0 Å². The Labute approximate surface area is 355 Å². The first-order valence-electron chi connectivity index (χ1n) is 20.9. The van der Waals surface area contributed by atoms with Crippen LogP contribution in [0.5, 0.6) is 0 Å². The predicted octanol–water partition coefficient (Wildman–Crippen LogP) is 15.0. The Morgan fingerprint density at radius 2 is 0.919 bits per heavy atom. The number of hydrogen-bond acceptors (Lipinski definition) is 4. The summed E-state index contributed by atoms with van der Waals surface area (Å²) in [7, 11) is 0. The Kier molecular flexibility index (Phi) is 7.54. The molecule has 0 unspecified atom stereocenters. The van der Waals surface area contributed by atoms with E-state index in [0.29, 0.717) is 17.5 Å². The van der Waals surface area contributed by atoms with Crippen molar-refractivity contribution < 1.29 is 4.42 Å². The van der Waals surface area contributed by atoms with Crippen LogP contribution in [0.4, 0.5) is 0 Å². The fourth-order valence-corrected chi connectivity index (χ4v) is 9.46. The third-order valence-corrected chi connectivity index (χ3v) is 12.4. The fourth-order valence-electron chi connectivity index (χ4n) is 9.46. The van der Waals surface area contributed by atoms with Gasteiger partial charge < -0.3 is 8.98 Å². The summed E-state index contributed by atoms with van der Waals surface area (Å²) in [5.74, 6) is 1.77. The minimum Gasteiger partial charge on any atom is -0.456 e. The van der Waals surface area contributed by atoms with Gasteiger partial charge in [-0.15, -0.1) is 0 Å². The molecular weight excluding hydrogens is 757 g/mol. The van der Waals surface area contributed by atoms with Crippen molar-refractivity contribution in [2.75, 3.05) is 0 Å². The van der Waals surface area contributed by atoms with Gasteiger partial charge in [0.1, 0.15) is 11.2 Å². The van der Waals surface area contributed by atoms with Crippen LogP contribution in [0, 0.1) is 0 Å². The van der Waals surface area contributed by atoms with E-state index in [-0.39, 0.29) is 0 Å². The van der Waals surface area contributed by atoms with Crippen molar-refractivity contribution in [3.8, 4) is 51.0 Å². The van der Waals surface area contributed by atoms with Crippen molar-refractivity contribution in [3.63, 3.8) is 0 Å². The number of nitrogens with zero attached hydrogens (tertiary/aromatic N) is 4. The van der Waals surface area contributed by atoms with Gasteiger partial charge in [0.2, 0.25) is 0 Å². The van der Waals surface area contributed by atoms with Crippen molar-refractivity contribution >= 4 is 76.1 Å². The molecule has 13 aromatic rings. The van der Waals surface area contributed by atoms with Crippen LogP contribution in [0.25, 0.3) is 127 Å². The molecule has 62 heavy (non-hydrogen) atoms. The van der Waals surface area contributed by atoms with Gasteiger partial charge in [-0.2, -0.15) is 0 Å². The fraction of sp³-hybridized carbons (Fsp3) is 0. The third-order valence-electron chi connectivity index (χ3n) is 12.4. The standard InChI is InChI=1S/C57H34N4O/c1-2-12-35(13-3-1)36-22-25-38(26-23-36)55-58-56(42-28-29-44-41(32-42)27-24-37-14-6-7-17-43(37)44)60-57(59-55)47-30-31-52-53(46-19-9-11-21-51(46)62-52)54(47)61-49-20-10-8-18-45(49)48-33-39-15-4-5-16-40(39)34-50(48)61/h1-34H. The Morgan fingerprint density at radius 3 is 1.76 bits per heavy atom. The normalized spacial score (nSPS) is 11.9. The van der Waals surface area contributed by atoms with Gasteiger partial charge in [0.25, 0.3) is 0 Å². The molecule has 10 aromatic carbocycles. The molecule has 0 aliphatic carbocycles. The van der Waals surface area contributed by atoms with Gasteiger partial charge in [-0.3, -0.25) is 0 Å². The zero-order valence-corrected chi connectivity index (χ0v) is 33.3. The molecule has 5 nitrogen and oxygen atoms in total. The molecule has 0 saturated carbocycles. The van der Waals surface area contributed by atoms with E-state index in [1.807, 2.05) is 18.2 Å². The summed E-state index contributed by atoms with van der Waals surface area (Å²) >= 11 is 0. The maximum atomic E-state index is 6.62. The van der Waals surface area contributed by atoms with Gasteiger partial charge in [0.15, 0.2) is 17.5 Å². The SMILES string of the molecule is c1ccc(-c2ccc(-c3nc(-c4ccc5c(ccc6ccccc65)c4)nc(-c4ccc5oc6ccccc6c5c4-n4c5ccccc5c5cc6ccccc6cc54)n3)cc2)cc1. The molecule has 0 saturated heterocycles. The summed E-state index contributed by atoms with van der Waals surface area (Å²) in [4.78, 5) is 16.1. The van der Waals surface area contributed by atoms with Gasteiger partial charge in [0, 0.05) is 32.8 Å². The van der Waals surface area contributed by atoms with Gasteiger partial charge in [-0.05, 0) is 85.9 Å². The van der Waals surface area contributed by atoms with Crippen LogP contribution in [0.3, 0.4) is 0 Å². The number of furan rings is 1. The molecule has 0 fully saturated rings. The summed E-state index contributed by atoms with van der Waals surface area (Å²) in [5, 5.41) is 11.5. The molecule has 0 amide bonds. The first-order chi connectivity index (χ1) is 30.7. The van der Waals surface area contributed by atoms with Crippen molar-refractivity contribution in [1.29, 1.82) is 0 Å². The molecule has 0 atom stereocenters. The van der Waals surface area contributed by atoms with Crippen LogP contribution in [-0.2, 0) is 0 Å². The number of hydrogen-bond donors (Lipinski definition) is 0. The molecule has 0 radical (unpaired) electrons. The maximum absolute atomic E-state index is 6.62. The lowest BCUT2D eigenvalue weighted by molar-refractivity contribution is 0.669. The molecule has 0 aliphatic heterocycles. The second-order valence-electron chi connectivity index (χ2n) is 16.0. The van der Waals surface area contributed by atoms with E-state index in [4.69, 9.17) is 19.4 Å². The van der Waals surface area contributed by atoms with E-state index in [0.717, 1.165) is 71.9 Å². The van der Waals surface area contributed by atoms with Crippen molar-refractivity contribution in [1.82, 2.24) is 19.5 Å². The first kappa shape index (κ1) is 34.5. The molecule has 0 aliphatic rings. The van der Waals surface area contributed by atoms with Crippen molar-refractivity contribution in [3.05, 3.63) is 206 Å². The lowest BCUT2D eigenvalue weighted by Gasteiger charge is -2.16. The van der Waals surface area contributed by atoms with E-state index in [9.17, 15) is 0 Å². The Morgan fingerprint density at radius 1 is 0.323 bits per heavy atom. The van der Waals surface area contributed by atoms with Crippen molar-refractivity contribution in [2.45, 2.75) is 0 Å². The van der Waals surface area contributed by atoms with E-state index in [1.165, 1.54) is 37.7 Å². The summed E-state index contributed by atoms with van der Waals surface area (Å²) in [6.07, 6.45) is 0. The molecular formula is C57H34N4O. The average Bonchev–Trinajstić information content (AvgIpc) is 3.88. The summed E-state index contributed by atoms with van der Waals surface area (Å²) in [6, 6.07) is 72.8. The molecule has 288 valence electrons. The minimum atomic E-state index is 0.574. The lowest BCUT2D eigenvalue weighted by Crippen LogP contribution is -2.04. The van der Waals surface area contributed by atoms with Gasteiger partial charge in [-0.25, -0.2) is 15.0 Å². The van der Waals surface area contributed by atoms with Crippen LogP contribution < -0.4 is 0 Å². The van der Waals surface area contributed by atoms with Crippen LogP contribution in [0.2, 0.25) is 0 Å². The molecule has 3 aromatic heterocycles. The molecule has 0 spiro atoms. The topological polar surface area (TPSA) is 56.7 Å². The highest BCUT2D eigenvalue weighted by atomic mass is 16.3. The first-order valence-corrected chi connectivity index (χ1v) is 20.9. The second-order valence-corrected chi connectivity index (χ2v) is 16.0. The van der Waals surface area contributed by atoms with Gasteiger partial charge >= 0.3 is 0 Å². The third kappa shape index (κ3) is 5.38. The molecule has 5 heteroatoms. The number of rotatable bonds is 5.